The summed E-state index contributed by atoms with van der Waals surface area (Å²) in [5, 5.41) is 0. The van der Waals surface area contributed by atoms with Crippen LogP contribution in [0.15, 0.2) is 30.3 Å². The van der Waals surface area contributed by atoms with Gasteiger partial charge in [0.25, 0.3) is 0 Å². The molecule has 1 aliphatic heterocycles. The van der Waals surface area contributed by atoms with Gasteiger partial charge in [-0.05, 0) is 18.1 Å². The van der Waals surface area contributed by atoms with Gasteiger partial charge in [0.1, 0.15) is 6.79 Å². The summed E-state index contributed by atoms with van der Waals surface area (Å²) >= 11 is 0. The molecule has 0 N–H and O–H groups in total. The summed E-state index contributed by atoms with van der Waals surface area (Å²) in [6.45, 7) is 1.97. The standard InChI is InChI=1S/C14H21O3P/c1-15-11-17-13-7-14(18-10-13)9-16-8-12-5-3-2-4-6-12/h2-6,13-14,18H,7-11H2,1H3/t13-,14+/m0/s1. The molecule has 0 saturated carbocycles. The molecule has 2 rings (SSSR count). The molecule has 1 aromatic carbocycles. The zero-order chi connectivity index (χ0) is 12.6. The molecule has 1 heterocycles. The van der Waals surface area contributed by atoms with Gasteiger partial charge in [-0.15, -0.1) is 8.58 Å². The topological polar surface area (TPSA) is 27.7 Å². The van der Waals surface area contributed by atoms with E-state index in [4.69, 9.17) is 14.2 Å². The molecule has 3 nitrogen and oxygen atoms in total. The van der Waals surface area contributed by atoms with Crippen LogP contribution in [0.5, 0.6) is 0 Å². The molecule has 1 aromatic rings. The third-order valence-corrected chi connectivity index (χ3v) is 4.70. The fraction of sp³-hybridized carbons (Fsp3) is 0.571. The van der Waals surface area contributed by atoms with Crippen LogP contribution >= 0.6 is 8.58 Å². The highest BCUT2D eigenvalue weighted by atomic mass is 31.1. The van der Waals surface area contributed by atoms with E-state index in [1.54, 1.807) is 7.11 Å². The minimum Gasteiger partial charge on any atom is -0.376 e. The van der Waals surface area contributed by atoms with Gasteiger partial charge in [0, 0.05) is 12.8 Å². The van der Waals surface area contributed by atoms with Gasteiger partial charge in [0.05, 0.1) is 19.3 Å². The highest BCUT2D eigenvalue weighted by Gasteiger charge is 2.25. The quantitative estimate of drug-likeness (QED) is 0.562. The molecule has 3 atom stereocenters. The van der Waals surface area contributed by atoms with Gasteiger partial charge in [-0.1, -0.05) is 30.3 Å². The Hall–Kier alpha value is -0.470. The van der Waals surface area contributed by atoms with Crippen LogP contribution in [-0.4, -0.2) is 38.4 Å². The summed E-state index contributed by atoms with van der Waals surface area (Å²) in [5.41, 5.74) is 1.90. The van der Waals surface area contributed by atoms with E-state index < -0.39 is 0 Å². The van der Waals surface area contributed by atoms with E-state index in [0.717, 1.165) is 27.8 Å². The van der Waals surface area contributed by atoms with Crippen LogP contribution in [-0.2, 0) is 20.8 Å². The van der Waals surface area contributed by atoms with Crippen molar-refractivity contribution in [3.8, 4) is 0 Å². The second-order valence-corrected chi connectivity index (χ2v) is 6.17. The van der Waals surface area contributed by atoms with Crippen molar-refractivity contribution in [3.05, 3.63) is 35.9 Å². The van der Waals surface area contributed by atoms with E-state index in [0.29, 0.717) is 25.2 Å². The molecule has 0 aromatic heterocycles. The van der Waals surface area contributed by atoms with Gasteiger partial charge in [-0.3, -0.25) is 0 Å². The van der Waals surface area contributed by atoms with Crippen LogP contribution < -0.4 is 0 Å². The van der Waals surface area contributed by atoms with Crippen LogP contribution in [0.1, 0.15) is 12.0 Å². The monoisotopic (exact) mass is 268 g/mol. The molecule has 0 aliphatic carbocycles. The van der Waals surface area contributed by atoms with Gasteiger partial charge in [-0.25, -0.2) is 0 Å². The SMILES string of the molecule is COCO[C@@H]1CP[C@@H](COCc2ccccc2)C1. The zero-order valence-corrected chi connectivity index (χ0v) is 11.8. The molecular weight excluding hydrogens is 247 g/mol. The number of benzene rings is 1. The third-order valence-electron chi connectivity index (χ3n) is 3.03. The first kappa shape index (κ1) is 14.0. The lowest BCUT2D eigenvalue weighted by Crippen LogP contribution is -2.16. The minimum absolute atomic E-state index is 0.369. The Balaban J connectivity index is 1.60. The molecule has 1 aliphatic rings. The fourth-order valence-corrected chi connectivity index (χ4v) is 3.64. The molecule has 0 spiro atoms. The summed E-state index contributed by atoms with van der Waals surface area (Å²) < 4.78 is 16.3. The minimum atomic E-state index is 0.369. The van der Waals surface area contributed by atoms with Gasteiger partial charge < -0.3 is 14.2 Å². The van der Waals surface area contributed by atoms with Crippen LogP contribution in [0.2, 0.25) is 0 Å². The second kappa shape index (κ2) is 7.85. The summed E-state index contributed by atoms with van der Waals surface area (Å²) in [4.78, 5) is 0. The molecule has 1 unspecified atom stereocenters. The van der Waals surface area contributed by atoms with E-state index in [1.165, 1.54) is 5.56 Å². The Bertz CT molecular complexity index is 331. The molecule has 4 heteroatoms. The predicted octanol–water partition coefficient (Wildman–Crippen LogP) is 2.64. The number of hydrogen-bond acceptors (Lipinski definition) is 3. The van der Waals surface area contributed by atoms with Gasteiger partial charge in [0.15, 0.2) is 0 Å². The van der Waals surface area contributed by atoms with Crippen molar-refractivity contribution in [1.29, 1.82) is 0 Å². The molecule has 18 heavy (non-hydrogen) atoms. The van der Waals surface area contributed by atoms with Crippen LogP contribution in [0, 0.1) is 0 Å². The first-order chi connectivity index (χ1) is 8.88. The average Bonchev–Trinajstić information content (AvgIpc) is 2.85. The number of hydrogen-bond donors (Lipinski definition) is 0. The van der Waals surface area contributed by atoms with Crippen LogP contribution in [0.25, 0.3) is 0 Å². The largest absolute Gasteiger partial charge is 0.376 e. The Morgan fingerprint density at radius 2 is 2.11 bits per heavy atom. The van der Waals surface area contributed by atoms with Crippen LogP contribution in [0.4, 0.5) is 0 Å². The van der Waals surface area contributed by atoms with Gasteiger partial charge >= 0.3 is 0 Å². The predicted molar refractivity (Wildman–Crippen MR) is 74.4 cm³/mol. The molecule has 0 radical (unpaired) electrons. The number of methoxy groups -OCH3 is 1. The molecule has 100 valence electrons. The first-order valence-electron chi connectivity index (χ1n) is 6.34. The molecular formula is C14H21O3P. The molecule has 1 saturated heterocycles. The smallest absolute Gasteiger partial charge is 0.146 e. The van der Waals surface area contributed by atoms with Crippen molar-refractivity contribution in [1.82, 2.24) is 0 Å². The van der Waals surface area contributed by atoms with E-state index in [2.05, 4.69) is 12.1 Å². The Labute approximate surface area is 111 Å². The second-order valence-electron chi connectivity index (χ2n) is 4.54. The van der Waals surface area contributed by atoms with Crippen molar-refractivity contribution < 1.29 is 14.2 Å². The lowest BCUT2D eigenvalue weighted by molar-refractivity contribution is -0.0646. The Kier molecular flexibility index (Phi) is 6.09. The van der Waals surface area contributed by atoms with E-state index >= 15 is 0 Å². The fourth-order valence-electron chi connectivity index (χ4n) is 2.09. The normalized spacial score (nSPS) is 24.7. The summed E-state index contributed by atoms with van der Waals surface area (Å²) in [6.07, 6.45) is 2.63. The highest BCUT2D eigenvalue weighted by molar-refractivity contribution is 7.39. The lowest BCUT2D eigenvalue weighted by atomic mass is 10.2. The zero-order valence-electron chi connectivity index (χ0n) is 10.8. The summed E-state index contributed by atoms with van der Waals surface area (Å²) in [5.74, 6) is 0. The first-order valence-corrected chi connectivity index (χ1v) is 7.62. The summed E-state index contributed by atoms with van der Waals surface area (Å²) in [7, 11) is 2.62. The molecule has 0 amide bonds. The molecule has 1 fully saturated rings. The maximum atomic E-state index is 5.78. The van der Waals surface area contributed by atoms with Crippen molar-refractivity contribution >= 4 is 8.58 Å². The average molecular weight is 268 g/mol. The van der Waals surface area contributed by atoms with Gasteiger partial charge in [0.2, 0.25) is 0 Å². The Morgan fingerprint density at radius 3 is 2.89 bits per heavy atom. The van der Waals surface area contributed by atoms with Crippen molar-refractivity contribution in [2.75, 3.05) is 26.7 Å². The Morgan fingerprint density at radius 1 is 1.28 bits per heavy atom. The van der Waals surface area contributed by atoms with Crippen molar-refractivity contribution in [2.24, 2.45) is 0 Å². The van der Waals surface area contributed by atoms with E-state index in [-0.39, 0.29) is 0 Å². The number of ether oxygens (including phenoxy) is 3. The maximum Gasteiger partial charge on any atom is 0.146 e. The number of rotatable bonds is 7. The van der Waals surface area contributed by atoms with Crippen molar-refractivity contribution in [3.63, 3.8) is 0 Å². The van der Waals surface area contributed by atoms with Crippen LogP contribution in [0.3, 0.4) is 0 Å². The van der Waals surface area contributed by atoms with E-state index in [1.807, 2.05) is 18.2 Å². The summed E-state index contributed by atoms with van der Waals surface area (Å²) in [6, 6.07) is 10.3. The highest BCUT2D eigenvalue weighted by Crippen LogP contribution is 2.34. The third kappa shape index (κ3) is 4.66. The maximum absolute atomic E-state index is 5.78. The van der Waals surface area contributed by atoms with E-state index in [9.17, 15) is 0 Å². The van der Waals surface area contributed by atoms with Gasteiger partial charge in [-0.2, -0.15) is 0 Å². The lowest BCUT2D eigenvalue weighted by Gasteiger charge is -2.12. The molecule has 0 bridgehead atoms. The van der Waals surface area contributed by atoms with Crippen molar-refractivity contribution in [2.45, 2.75) is 24.8 Å².